The van der Waals surface area contributed by atoms with Crippen molar-refractivity contribution in [2.75, 3.05) is 7.11 Å². The Bertz CT molecular complexity index is 818. The fourth-order valence-electron chi connectivity index (χ4n) is 2.34. The van der Waals surface area contributed by atoms with E-state index in [0.717, 1.165) is 22.6 Å². The van der Waals surface area contributed by atoms with Crippen molar-refractivity contribution in [3.8, 4) is 11.5 Å². The van der Waals surface area contributed by atoms with Gasteiger partial charge in [-0.25, -0.2) is 9.79 Å². The zero-order valence-electron chi connectivity index (χ0n) is 14.4. The van der Waals surface area contributed by atoms with E-state index in [1.165, 1.54) is 0 Å². The van der Waals surface area contributed by atoms with E-state index in [1.807, 2.05) is 62.4 Å². The molecule has 3 rings (SSSR count). The third-order valence-corrected chi connectivity index (χ3v) is 3.51. The number of cyclic esters (lactones) is 1. The minimum Gasteiger partial charge on any atom is -0.497 e. The predicted molar refractivity (Wildman–Crippen MR) is 95.8 cm³/mol. The van der Waals surface area contributed by atoms with Gasteiger partial charge < -0.3 is 14.2 Å². The molecule has 0 amide bonds. The molecule has 1 heterocycles. The van der Waals surface area contributed by atoms with Gasteiger partial charge in [-0.3, -0.25) is 0 Å². The zero-order chi connectivity index (χ0) is 17.8. The predicted octanol–water partition coefficient (Wildman–Crippen LogP) is 3.83. The number of ether oxygens (including phenoxy) is 3. The molecule has 5 heteroatoms. The van der Waals surface area contributed by atoms with Crippen molar-refractivity contribution in [2.24, 2.45) is 4.99 Å². The highest BCUT2D eigenvalue weighted by molar-refractivity contribution is 6.12. The van der Waals surface area contributed by atoms with Crippen molar-refractivity contribution < 1.29 is 19.0 Å². The molecule has 128 valence electrons. The molecular weight excluding hydrogens is 318 g/mol. The van der Waals surface area contributed by atoms with Gasteiger partial charge in [0.1, 0.15) is 11.5 Å². The van der Waals surface area contributed by atoms with E-state index in [9.17, 15) is 4.79 Å². The first kappa shape index (κ1) is 16.8. The number of carbonyl (C=O) groups is 1. The number of benzene rings is 2. The standard InChI is InChI=1S/C20H19NO4/c1-13(2)24-17-10-6-15(7-11-17)19-21-18(20(22)25-19)12-14-4-8-16(23-3)9-5-14/h4-13H,1-3H3/b18-12+. The highest BCUT2D eigenvalue weighted by Crippen LogP contribution is 2.22. The lowest BCUT2D eigenvalue weighted by Crippen LogP contribution is -2.07. The third-order valence-electron chi connectivity index (χ3n) is 3.51. The van der Waals surface area contributed by atoms with Crippen LogP contribution >= 0.6 is 0 Å². The van der Waals surface area contributed by atoms with E-state index in [-0.39, 0.29) is 11.8 Å². The molecule has 2 aromatic carbocycles. The van der Waals surface area contributed by atoms with Crippen LogP contribution < -0.4 is 9.47 Å². The van der Waals surface area contributed by atoms with E-state index >= 15 is 0 Å². The molecule has 1 aliphatic rings. The Balaban J connectivity index is 1.80. The fourth-order valence-corrected chi connectivity index (χ4v) is 2.34. The Labute approximate surface area is 146 Å². The van der Waals surface area contributed by atoms with Gasteiger partial charge in [-0.2, -0.15) is 0 Å². The molecule has 1 aliphatic heterocycles. The fraction of sp³-hybridized carbons (Fsp3) is 0.200. The van der Waals surface area contributed by atoms with Crippen molar-refractivity contribution >= 4 is 17.9 Å². The van der Waals surface area contributed by atoms with Crippen LogP contribution in [0.3, 0.4) is 0 Å². The molecule has 0 N–H and O–H groups in total. The molecule has 0 spiro atoms. The average Bonchev–Trinajstić information content (AvgIpc) is 2.96. The second-order valence-electron chi connectivity index (χ2n) is 5.80. The van der Waals surface area contributed by atoms with Gasteiger partial charge in [0.25, 0.3) is 0 Å². The Hall–Kier alpha value is -3.08. The molecule has 0 atom stereocenters. The number of aliphatic imine (C=N–C) groups is 1. The Morgan fingerprint density at radius 3 is 2.24 bits per heavy atom. The van der Waals surface area contributed by atoms with Gasteiger partial charge in [0.15, 0.2) is 5.70 Å². The maximum Gasteiger partial charge on any atom is 0.363 e. The largest absolute Gasteiger partial charge is 0.497 e. The first-order chi connectivity index (χ1) is 12.0. The molecule has 2 aromatic rings. The smallest absolute Gasteiger partial charge is 0.363 e. The van der Waals surface area contributed by atoms with Gasteiger partial charge in [0, 0.05) is 5.56 Å². The van der Waals surface area contributed by atoms with E-state index < -0.39 is 5.97 Å². The monoisotopic (exact) mass is 337 g/mol. The summed E-state index contributed by atoms with van der Waals surface area (Å²) in [5, 5.41) is 0. The SMILES string of the molecule is COc1ccc(/C=C2/N=C(c3ccc(OC(C)C)cc3)OC2=O)cc1. The number of nitrogens with zero attached hydrogens (tertiary/aromatic N) is 1. The van der Waals surface area contributed by atoms with Crippen LogP contribution in [0.2, 0.25) is 0 Å². The van der Waals surface area contributed by atoms with Crippen LogP contribution in [0.25, 0.3) is 6.08 Å². The van der Waals surface area contributed by atoms with Crippen LogP contribution in [0, 0.1) is 0 Å². The molecule has 0 saturated carbocycles. The molecule has 0 fully saturated rings. The van der Waals surface area contributed by atoms with Crippen LogP contribution in [0.15, 0.2) is 59.2 Å². The van der Waals surface area contributed by atoms with Gasteiger partial charge in [0.05, 0.1) is 13.2 Å². The summed E-state index contributed by atoms with van der Waals surface area (Å²) >= 11 is 0. The molecular formula is C20H19NO4. The molecule has 0 aromatic heterocycles. The van der Waals surface area contributed by atoms with E-state index in [4.69, 9.17) is 14.2 Å². The van der Waals surface area contributed by atoms with Crippen molar-refractivity contribution in [3.05, 3.63) is 65.4 Å². The molecule has 0 radical (unpaired) electrons. The summed E-state index contributed by atoms with van der Waals surface area (Å²) in [5.74, 6) is 1.34. The maximum atomic E-state index is 12.0. The lowest BCUT2D eigenvalue weighted by Gasteiger charge is -2.09. The van der Waals surface area contributed by atoms with Crippen LogP contribution in [0.1, 0.15) is 25.0 Å². The Kier molecular flexibility index (Phi) is 4.84. The first-order valence-corrected chi connectivity index (χ1v) is 7.99. The summed E-state index contributed by atoms with van der Waals surface area (Å²) in [6, 6.07) is 14.7. The van der Waals surface area contributed by atoms with Gasteiger partial charge in [-0.05, 0) is 61.9 Å². The van der Waals surface area contributed by atoms with Gasteiger partial charge in [-0.15, -0.1) is 0 Å². The number of carbonyl (C=O) groups excluding carboxylic acids is 1. The molecule has 0 saturated heterocycles. The maximum absolute atomic E-state index is 12.0. The Morgan fingerprint density at radius 2 is 1.64 bits per heavy atom. The average molecular weight is 337 g/mol. The molecule has 5 nitrogen and oxygen atoms in total. The van der Waals surface area contributed by atoms with E-state index in [1.54, 1.807) is 13.2 Å². The summed E-state index contributed by atoms with van der Waals surface area (Å²) in [4.78, 5) is 16.3. The van der Waals surface area contributed by atoms with Gasteiger partial charge in [-0.1, -0.05) is 12.1 Å². The molecule has 0 aliphatic carbocycles. The van der Waals surface area contributed by atoms with Crippen molar-refractivity contribution in [1.82, 2.24) is 0 Å². The molecule has 0 bridgehead atoms. The van der Waals surface area contributed by atoms with Crippen LogP contribution in [-0.2, 0) is 9.53 Å². The minimum absolute atomic E-state index is 0.103. The highest BCUT2D eigenvalue weighted by Gasteiger charge is 2.24. The number of hydrogen-bond acceptors (Lipinski definition) is 5. The van der Waals surface area contributed by atoms with Crippen LogP contribution in [0.4, 0.5) is 0 Å². The van der Waals surface area contributed by atoms with Crippen LogP contribution in [0.5, 0.6) is 11.5 Å². The zero-order valence-corrected chi connectivity index (χ0v) is 14.4. The Morgan fingerprint density at radius 1 is 1.00 bits per heavy atom. The number of esters is 1. The van der Waals surface area contributed by atoms with Crippen LogP contribution in [-0.4, -0.2) is 25.1 Å². The quantitative estimate of drug-likeness (QED) is 0.615. The normalized spacial score (nSPS) is 15.3. The summed E-state index contributed by atoms with van der Waals surface area (Å²) in [6.45, 7) is 3.93. The van der Waals surface area contributed by atoms with E-state index in [2.05, 4.69) is 4.99 Å². The lowest BCUT2D eigenvalue weighted by atomic mass is 10.2. The summed E-state index contributed by atoms with van der Waals surface area (Å²) in [6.07, 6.45) is 1.79. The second-order valence-corrected chi connectivity index (χ2v) is 5.80. The lowest BCUT2D eigenvalue weighted by molar-refractivity contribution is -0.129. The molecule has 0 unspecified atom stereocenters. The highest BCUT2D eigenvalue weighted by atomic mass is 16.6. The van der Waals surface area contributed by atoms with Gasteiger partial charge in [0.2, 0.25) is 5.90 Å². The van der Waals surface area contributed by atoms with Crippen molar-refractivity contribution in [2.45, 2.75) is 20.0 Å². The topological polar surface area (TPSA) is 57.1 Å². The van der Waals surface area contributed by atoms with Crippen molar-refractivity contribution in [1.29, 1.82) is 0 Å². The van der Waals surface area contributed by atoms with E-state index in [0.29, 0.717) is 5.90 Å². The first-order valence-electron chi connectivity index (χ1n) is 7.99. The van der Waals surface area contributed by atoms with Gasteiger partial charge >= 0.3 is 5.97 Å². The number of rotatable bonds is 5. The van der Waals surface area contributed by atoms with Crippen molar-refractivity contribution in [3.63, 3.8) is 0 Å². The second kappa shape index (κ2) is 7.21. The summed E-state index contributed by atoms with van der Waals surface area (Å²) < 4.78 is 16.0. The third kappa shape index (κ3) is 4.07. The summed E-state index contributed by atoms with van der Waals surface area (Å²) in [7, 11) is 1.61. The number of methoxy groups -OCH3 is 1. The molecule has 25 heavy (non-hydrogen) atoms. The number of hydrogen-bond donors (Lipinski definition) is 0. The minimum atomic E-state index is -0.465. The summed E-state index contributed by atoms with van der Waals surface area (Å²) in [5.41, 5.74) is 1.84.